The van der Waals surface area contributed by atoms with Gasteiger partial charge in [-0.15, -0.1) is 0 Å². The van der Waals surface area contributed by atoms with Crippen LogP contribution < -0.4 is 10.2 Å². The maximum Gasteiger partial charge on any atom is 0.407 e. The van der Waals surface area contributed by atoms with Crippen LogP contribution in [0.5, 0.6) is 0 Å². The van der Waals surface area contributed by atoms with Crippen molar-refractivity contribution < 1.29 is 9.90 Å². The minimum atomic E-state index is -0.888. The third-order valence-electron chi connectivity index (χ3n) is 7.74. The van der Waals surface area contributed by atoms with E-state index in [-0.39, 0.29) is 23.5 Å². The number of piperazine rings is 1. The number of carboxylic acid groups (broad SMARTS) is 1. The Kier molecular flexibility index (Phi) is 7.40. The Labute approximate surface area is 235 Å². The molecule has 210 valence electrons. The van der Waals surface area contributed by atoms with Gasteiger partial charge in [-0.05, 0) is 42.9 Å². The van der Waals surface area contributed by atoms with Gasteiger partial charge in [0, 0.05) is 25.7 Å². The predicted molar refractivity (Wildman–Crippen MR) is 160 cm³/mol. The van der Waals surface area contributed by atoms with Crippen molar-refractivity contribution in [3.63, 3.8) is 0 Å². The SMILES string of the molecule is CC1C(C(C)(C)C)N(C(=O)O)CCN1c1nc(NCc2ccc(-c3ccccc3)cc2)c2ncn(C(C)C)c2n1. The highest BCUT2D eigenvalue weighted by Crippen LogP contribution is 2.35. The van der Waals surface area contributed by atoms with E-state index in [0.717, 1.165) is 16.7 Å². The Morgan fingerprint density at radius 2 is 1.70 bits per heavy atom. The molecule has 1 aliphatic heterocycles. The summed E-state index contributed by atoms with van der Waals surface area (Å²) in [6.45, 7) is 14.0. The molecule has 5 rings (SSSR count). The van der Waals surface area contributed by atoms with Gasteiger partial charge in [-0.25, -0.2) is 9.78 Å². The van der Waals surface area contributed by atoms with Crippen molar-refractivity contribution in [3.8, 4) is 11.1 Å². The van der Waals surface area contributed by atoms with Gasteiger partial charge in [0.05, 0.1) is 18.4 Å². The van der Waals surface area contributed by atoms with E-state index < -0.39 is 6.09 Å². The summed E-state index contributed by atoms with van der Waals surface area (Å²) in [4.78, 5) is 30.4. The number of nitrogens with zero attached hydrogens (tertiary/aromatic N) is 6. The summed E-state index contributed by atoms with van der Waals surface area (Å²) < 4.78 is 2.06. The maximum absolute atomic E-state index is 12.1. The molecule has 0 saturated carbocycles. The fraction of sp³-hybridized carbons (Fsp3) is 0.419. The van der Waals surface area contributed by atoms with Crippen molar-refractivity contribution >= 4 is 29.0 Å². The maximum atomic E-state index is 12.1. The van der Waals surface area contributed by atoms with Crippen LogP contribution in [-0.4, -0.2) is 60.8 Å². The summed E-state index contributed by atoms with van der Waals surface area (Å²) in [6.07, 6.45) is 0.929. The molecular formula is C31H39N7O2. The molecule has 0 aliphatic carbocycles. The van der Waals surface area contributed by atoms with E-state index in [9.17, 15) is 9.90 Å². The molecule has 40 heavy (non-hydrogen) atoms. The van der Waals surface area contributed by atoms with Crippen LogP contribution in [0.15, 0.2) is 60.9 Å². The zero-order chi connectivity index (χ0) is 28.6. The largest absolute Gasteiger partial charge is 0.465 e. The first-order valence-electron chi connectivity index (χ1n) is 13.9. The van der Waals surface area contributed by atoms with Gasteiger partial charge in [0.2, 0.25) is 5.95 Å². The molecule has 9 heteroatoms. The molecule has 0 radical (unpaired) electrons. The van der Waals surface area contributed by atoms with Gasteiger partial charge in [-0.1, -0.05) is 75.4 Å². The molecule has 9 nitrogen and oxygen atoms in total. The van der Waals surface area contributed by atoms with Crippen LogP contribution in [0, 0.1) is 5.41 Å². The molecule has 1 saturated heterocycles. The topological polar surface area (TPSA) is 99.4 Å². The highest BCUT2D eigenvalue weighted by Gasteiger charge is 2.44. The van der Waals surface area contributed by atoms with E-state index >= 15 is 0 Å². The number of anilines is 2. The second-order valence-electron chi connectivity index (χ2n) is 11.9. The van der Waals surface area contributed by atoms with E-state index in [1.807, 2.05) is 24.5 Å². The smallest absolute Gasteiger partial charge is 0.407 e. The molecule has 2 aromatic carbocycles. The Morgan fingerprint density at radius 3 is 2.33 bits per heavy atom. The summed E-state index contributed by atoms with van der Waals surface area (Å²) in [5, 5.41) is 13.4. The van der Waals surface area contributed by atoms with Gasteiger partial charge in [-0.2, -0.15) is 9.97 Å². The summed E-state index contributed by atoms with van der Waals surface area (Å²) in [6, 6.07) is 18.7. The normalized spacial score (nSPS) is 18.0. The lowest BCUT2D eigenvalue weighted by Crippen LogP contribution is -2.64. The van der Waals surface area contributed by atoms with Crippen LogP contribution in [0.25, 0.3) is 22.3 Å². The van der Waals surface area contributed by atoms with Crippen molar-refractivity contribution in [2.75, 3.05) is 23.3 Å². The minimum Gasteiger partial charge on any atom is -0.465 e. The summed E-state index contributed by atoms with van der Waals surface area (Å²) in [5.41, 5.74) is 4.73. The number of amides is 1. The molecule has 0 bridgehead atoms. The highest BCUT2D eigenvalue weighted by molar-refractivity contribution is 5.84. The van der Waals surface area contributed by atoms with Crippen molar-refractivity contribution in [3.05, 3.63) is 66.5 Å². The third kappa shape index (κ3) is 5.33. The van der Waals surface area contributed by atoms with Gasteiger partial charge < -0.3 is 24.8 Å². The molecule has 1 amide bonds. The molecule has 2 N–H and O–H groups in total. The number of imidazole rings is 1. The number of hydrogen-bond donors (Lipinski definition) is 2. The predicted octanol–water partition coefficient (Wildman–Crippen LogP) is 6.29. The molecule has 0 spiro atoms. The first-order chi connectivity index (χ1) is 19.0. The summed E-state index contributed by atoms with van der Waals surface area (Å²) in [7, 11) is 0. The van der Waals surface area contributed by atoms with Crippen LogP contribution in [0.3, 0.4) is 0 Å². The first-order valence-corrected chi connectivity index (χ1v) is 13.9. The Morgan fingerprint density at radius 1 is 1.02 bits per heavy atom. The number of aromatic nitrogens is 4. The fourth-order valence-electron chi connectivity index (χ4n) is 5.84. The number of rotatable bonds is 6. The molecule has 2 aromatic heterocycles. The van der Waals surface area contributed by atoms with Crippen LogP contribution in [0.4, 0.5) is 16.6 Å². The molecule has 1 aliphatic rings. The minimum absolute atomic E-state index is 0.115. The van der Waals surface area contributed by atoms with Gasteiger partial charge in [0.15, 0.2) is 17.0 Å². The average molecular weight is 542 g/mol. The van der Waals surface area contributed by atoms with Crippen molar-refractivity contribution in [1.82, 2.24) is 24.4 Å². The number of hydrogen-bond acceptors (Lipinski definition) is 6. The van der Waals surface area contributed by atoms with Gasteiger partial charge in [-0.3, -0.25) is 0 Å². The van der Waals surface area contributed by atoms with Crippen molar-refractivity contribution in [1.29, 1.82) is 0 Å². The second-order valence-corrected chi connectivity index (χ2v) is 11.9. The lowest BCUT2D eigenvalue weighted by Gasteiger charge is -2.50. The summed E-state index contributed by atoms with van der Waals surface area (Å²) >= 11 is 0. The number of fused-ring (bicyclic) bond motifs is 1. The van der Waals surface area contributed by atoms with E-state index in [0.29, 0.717) is 31.4 Å². The molecule has 2 atom stereocenters. The third-order valence-corrected chi connectivity index (χ3v) is 7.74. The van der Waals surface area contributed by atoms with Gasteiger partial charge >= 0.3 is 6.09 Å². The fourth-order valence-corrected chi connectivity index (χ4v) is 5.84. The Hall–Kier alpha value is -4.14. The lowest BCUT2D eigenvalue weighted by molar-refractivity contribution is 0.0559. The number of carbonyl (C=O) groups is 1. The van der Waals surface area contributed by atoms with E-state index in [2.05, 4.69) is 97.7 Å². The first kappa shape index (κ1) is 27.4. The van der Waals surface area contributed by atoms with Crippen LogP contribution >= 0.6 is 0 Å². The molecular weight excluding hydrogens is 502 g/mol. The number of benzene rings is 2. The van der Waals surface area contributed by atoms with Crippen molar-refractivity contribution in [2.24, 2.45) is 5.41 Å². The Bertz CT molecular complexity index is 1480. The van der Waals surface area contributed by atoms with Crippen LogP contribution in [-0.2, 0) is 6.54 Å². The zero-order valence-electron chi connectivity index (χ0n) is 24.2. The van der Waals surface area contributed by atoms with Gasteiger partial charge in [0.1, 0.15) is 0 Å². The highest BCUT2D eigenvalue weighted by atomic mass is 16.4. The van der Waals surface area contributed by atoms with E-state index in [1.54, 1.807) is 4.90 Å². The monoisotopic (exact) mass is 541 g/mol. The number of nitrogens with one attached hydrogen (secondary N) is 1. The van der Waals surface area contributed by atoms with Gasteiger partial charge in [0.25, 0.3) is 0 Å². The standard InChI is InChI=1S/C31H39N7O2/c1-20(2)38-19-33-25-27(32-18-22-12-14-24(15-13-22)23-10-8-7-9-11-23)34-29(35-28(25)38)36-16-17-37(30(39)40)26(21(36)3)31(4,5)6/h7-15,19-21,26H,16-18H2,1-6H3,(H,39,40)(H,32,34,35). The van der Waals surface area contributed by atoms with E-state index in [1.165, 1.54) is 11.1 Å². The molecule has 1 fully saturated rings. The van der Waals surface area contributed by atoms with E-state index in [4.69, 9.17) is 9.97 Å². The molecule has 2 unspecified atom stereocenters. The van der Waals surface area contributed by atoms with Crippen LogP contribution in [0.2, 0.25) is 0 Å². The zero-order valence-corrected chi connectivity index (χ0v) is 24.2. The average Bonchev–Trinajstić information content (AvgIpc) is 3.36. The van der Waals surface area contributed by atoms with Crippen LogP contribution in [0.1, 0.15) is 53.1 Å². The molecule has 3 heterocycles. The summed E-state index contributed by atoms with van der Waals surface area (Å²) in [5.74, 6) is 1.26. The second kappa shape index (κ2) is 10.8. The molecule has 4 aromatic rings. The van der Waals surface area contributed by atoms with Crippen molar-refractivity contribution in [2.45, 2.75) is 66.2 Å². The Balaban J connectivity index is 1.47. The quantitative estimate of drug-likeness (QED) is 0.296. The lowest BCUT2D eigenvalue weighted by atomic mass is 9.80.